The molecular formula is C14H22O2. The first-order valence-corrected chi connectivity index (χ1v) is 6.54. The van der Waals surface area contributed by atoms with Crippen molar-refractivity contribution in [1.29, 1.82) is 0 Å². The van der Waals surface area contributed by atoms with Gasteiger partial charge in [-0.15, -0.1) is 0 Å². The monoisotopic (exact) mass is 222 g/mol. The highest BCUT2D eigenvalue weighted by molar-refractivity contribution is 5.67. The maximum Gasteiger partial charge on any atom is 0.303 e. The fourth-order valence-corrected chi connectivity index (χ4v) is 6.20. The van der Waals surface area contributed by atoms with Crippen molar-refractivity contribution in [3.63, 3.8) is 0 Å². The molecule has 0 radical (unpaired) electrons. The van der Waals surface area contributed by atoms with Crippen molar-refractivity contribution in [3.8, 4) is 0 Å². The summed E-state index contributed by atoms with van der Waals surface area (Å²) in [6, 6.07) is 0. The lowest BCUT2D eigenvalue weighted by Crippen LogP contribution is -2.55. The second kappa shape index (κ2) is 2.83. The van der Waals surface area contributed by atoms with Crippen molar-refractivity contribution in [2.45, 2.75) is 58.8 Å². The molecule has 2 unspecified atom stereocenters. The Morgan fingerprint density at radius 2 is 1.69 bits per heavy atom. The largest absolute Gasteiger partial charge is 0.481 e. The van der Waals surface area contributed by atoms with Gasteiger partial charge < -0.3 is 5.11 Å². The van der Waals surface area contributed by atoms with E-state index in [1.807, 2.05) is 0 Å². The zero-order chi connectivity index (χ0) is 11.6. The van der Waals surface area contributed by atoms with Crippen molar-refractivity contribution in [2.75, 3.05) is 0 Å². The molecule has 2 nitrogen and oxygen atoms in total. The summed E-state index contributed by atoms with van der Waals surface area (Å²) >= 11 is 0. The lowest BCUT2D eigenvalue weighted by atomic mass is 9.40. The first kappa shape index (κ1) is 10.6. The highest BCUT2D eigenvalue weighted by Crippen LogP contribution is 2.70. The van der Waals surface area contributed by atoms with Crippen LogP contribution >= 0.6 is 0 Å². The van der Waals surface area contributed by atoms with Gasteiger partial charge in [0.25, 0.3) is 0 Å². The smallest absolute Gasteiger partial charge is 0.303 e. The minimum atomic E-state index is -0.589. The molecule has 0 spiro atoms. The normalized spacial score (nSPS) is 54.2. The summed E-state index contributed by atoms with van der Waals surface area (Å²) in [6.07, 6.45) is 7.96. The predicted molar refractivity (Wildman–Crippen MR) is 62.1 cm³/mol. The van der Waals surface area contributed by atoms with E-state index in [1.165, 1.54) is 38.5 Å². The number of aliphatic carboxylic acids is 1. The van der Waals surface area contributed by atoms with Gasteiger partial charge in [0, 0.05) is 0 Å². The Morgan fingerprint density at radius 1 is 1.12 bits per heavy atom. The van der Waals surface area contributed by atoms with E-state index in [1.54, 1.807) is 0 Å². The minimum Gasteiger partial charge on any atom is -0.481 e. The number of carboxylic acid groups (broad SMARTS) is 1. The number of carboxylic acids is 1. The van der Waals surface area contributed by atoms with Crippen LogP contribution in [-0.4, -0.2) is 11.1 Å². The molecule has 0 aromatic heterocycles. The van der Waals surface area contributed by atoms with Gasteiger partial charge >= 0.3 is 5.97 Å². The van der Waals surface area contributed by atoms with Gasteiger partial charge in [-0.05, 0) is 60.7 Å². The summed E-state index contributed by atoms with van der Waals surface area (Å²) in [5, 5.41) is 9.14. The zero-order valence-corrected chi connectivity index (χ0v) is 10.4. The molecule has 4 bridgehead atoms. The van der Waals surface area contributed by atoms with Gasteiger partial charge in [-0.1, -0.05) is 13.8 Å². The molecule has 0 saturated heterocycles. The molecule has 4 rings (SSSR count). The second-order valence-corrected chi connectivity index (χ2v) is 7.70. The Bertz CT molecular complexity index is 329. The van der Waals surface area contributed by atoms with Crippen molar-refractivity contribution < 1.29 is 9.90 Å². The zero-order valence-electron chi connectivity index (χ0n) is 10.4. The van der Waals surface area contributed by atoms with E-state index in [4.69, 9.17) is 5.11 Å². The molecule has 4 fully saturated rings. The molecule has 0 aromatic carbocycles. The van der Waals surface area contributed by atoms with Crippen molar-refractivity contribution >= 4 is 5.97 Å². The summed E-state index contributed by atoms with van der Waals surface area (Å²) < 4.78 is 0. The molecular weight excluding hydrogens is 200 g/mol. The standard InChI is InChI=1S/C14H22O2/c1-12-3-10-4-13(2,7-12)9-14(5-10,8-12)6-11(15)16/h10H,3-9H2,1-2H3,(H,15,16)/t10?,12-,13+,14?. The van der Waals surface area contributed by atoms with Gasteiger partial charge in [0.1, 0.15) is 0 Å². The van der Waals surface area contributed by atoms with Crippen LogP contribution in [0.4, 0.5) is 0 Å². The topological polar surface area (TPSA) is 37.3 Å². The number of rotatable bonds is 2. The van der Waals surface area contributed by atoms with Crippen molar-refractivity contribution in [3.05, 3.63) is 0 Å². The number of hydrogen-bond donors (Lipinski definition) is 1. The van der Waals surface area contributed by atoms with Crippen LogP contribution in [0.15, 0.2) is 0 Å². The van der Waals surface area contributed by atoms with E-state index in [0.717, 1.165) is 5.92 Å². The molecule has 0 heterocycles. The second-order valence-electron chi connectivity index (χ2n) is 7.70. The van der Waals surface area contributed by atoms with E-state index in [0.29, 0.717) is 17.3 Å². The molecule has 2 heteroatoms. The van der Waals surface area contributed by atoms with Gasteiger partial charge in [0.2, 0.25) is 0 Å². The average Bonchev–Trinajstić information content (AvgIpc) is 1.91. The fourth-order valence-electron chi connectivity index (χ4n) is 6.20. The summed E-state index contributed by atoms with van der Waals surface area (Å²) in [5.74, 6) is 0.222. The average molecular weight is 222 g/mol. The third-order valence-corrected chi connectivity index (χ3v) is 5.27. The quantitative estimate of drug-likeness (QED) is 0.777. The highest BCUT2D eigenvalue weighted by Gasteiger charge is 2.60. The Labute approximate surface area is 97.4 Å². The van der Waals surface area contributed by atoms with E-state index < -0.39 is 5.97 Å². The SMILES string of the molecule is C[C@]12CC3CC(CC(=O)O)(C1)C[C@@](C)(C3)C2. The van der Waals surface area contributed by atoms with Crippen LogP contribution in [0.3, 0.4) is 0 Å². The summed E-state index contributed by atoms with van der Waals surface area (Å²) in [6.45, 7) is 4.79. The molecule has 0 aliphatic heterocycles. The number of carbonyl (C=O) groups is 1. The maximum absolute atomic E-state index is 11.1. The molecule has 1 N–H and O–H groups in total. The van der Waals surface area contributed by atoms with Crippen LogP contribution < -0.4 is 0 Å². The predicted octanol–water partition coefficient (Wildman–Crippen LogP) is 3.46. The van der Waals surface area contributed by atoms with Crippen LogP contribution in [0.25, 0.3) is 0 Å². The molecule has 4 saturated carbocycles. The molecule has 90 valence electrons. The third kappa shape index (κ3) is 1.49. The van der Waals surface area contributed by atoms with Gasteiger partial charge in [-0.2, -0.15) is 0 Å². The first-order valence-electron chi connectivity index (χ1n) is 6.54. The van der Waals surface area contributed by atoms with Crippen molar-refractivity contribution in [1.82, 2.24) is 0 Å². The van der Waals surface area contributed by atoms with Gasteiger partial charge in [-0.3, -0.25) is 4.79 Å². The minimum absolute atomic E-state index is 0.148. The maximum atomic E-state index is 11.1. The van der Waals surface area contributed by atoms with E-state index >= 15 is 0 Å². The van der Waals surface area contributed by atoms with Crippen molar-refractivity contribution in [2.24, 2.45) is 22.2 Å². The molecule has 4 aliphatic rings. The van der Waals surface area contributed by atoms with Crippen LogP contribution in [0.5, 0.6) is 0 Å². The van der Waals surface area contributed by atoms with E-state index in [9.17, 15) is 4.79 Å². The molecule has 4 aliphatic carbocycles. The van der Waals surface area contributed by atoms with Crippen LogP contribution in [0, 0.1) is 22.2 Å². The Hall–Kier alpha value is -0.530. The van der Waals surface area contributed by atoms with E-state index in [-0.39, 0.29) is 5.41 Å². The molecule has 0 aromatic rings. The lowest BCUT2D eigenvalue weighted by molar-refractivity contribution is -0.164. The van der Waals surface area contributed by atoms with Gasteiger partial charge in [0.15, 0.2) is 0 Å². The molecule has 4 atom stereocenters. The Morgan fingerprint density at radius 3 is 2.12 bits per heavy atom. The fraction of sp³-hybridized carbons (Fsp3) is 0.929. The molecule has 0 amide bonds. The first-order chi connectivity index (χ1) is 7.32. The van der Waals surface area contributed by atoms with Gasteiger partial charge in [-0.25, -0.2) is 0 Å². The summed E-state index contributed by atoms with van der Waals surface area (Å²) in [7, 11) is 0. The van der Waals surface area contributed by atoms with Crippen LogP contribution in [0.2, 0.25) is 0 Å². The van der Waals surface area contributed by atoms with E-state index in [2.05, 4.69) is 13.8 Å². The Kier molecular flexibility index (Phi) is 1.88. The Balaban J connectivity index is 1.95. The molecule has 16 heavy (non-hydrogen) atoms. The summed E-state index contributed by atoms with van der Waals surface area (Å²) in [5.41, 5.74) is 1.04. The lowest BCUT2D eigenvalue weighted by Gasteiger charge is -2.65. The third-order valence-electron chi connectivity index (χ3n) is 5.27. The number of hydrogen-bond acceptors (Lipinski definition) is 1. The van der Waals surface area contributed by atoms with Gasteiger partial charge in [0.05, 0.1) is 6.42 Å². The summed E-state index contributed by atoms with van der Waals surface area (Å²) in [4.78, 5) is 11.1. The van der Waals surface area contributed by atoms with Crippen LogP contribution in [-0.2, 0) is 4.79 Å². The highest BCUT2D eigenvalue weighted by atomic mass is 16.4. The van der Waals surface area contributed by atoms with Crippen LogP contribution in [0.1, 0.15) is 58.8 Å².